The zero-order valence-electron chi connectivity index (χ0n) is 15.5. The minimum Gasteiger partial charge on any atom is -0.348 e. The number of amides is 1. The van der Waals surface area contributed by atoms with Gasteiger partial charge in [-0.05, 0) is 18.2 Å². The monoisotopic (exact) mass is 386 g/mol. The van der Waals surface area contributed by atoms with Crippen molar-refractivity contribution < 1.29 is 4.79 Å². The molecule has 1 N–H and O–H groups in total. The number of benzene rings is 1. The number of pyridine rings is 1. The number of carbonyl (C=O) groups excluding carboxylic acids is 1. The summed E-state index contributed by atoms with van der Waals surface area (Å²) in [5.74, 6) is -0.195. The molecule has 0 saturated heterocycles. The van der Waals surface area contributed by atoms with E-state index in [0.717, 1.165) is 22.5 Å². The number of H-pyrrole nitrogens is 1. The van der Waals surface area contributed by atoms with Crippen molar-refractivity contribution in [3.63, 3.8) is 0 Å². The van der Waals surface area contributed by atoms with Crippen LogP contribution in [0.15, 0.2) is 66.0 Å². The van der Waals surface area contributed by atoms with Gasteiger partial charge in [0.2, 0.25) is 5.91 Å². The van der Waals surface area contributed by atoms with E-state index in [4.69, 9.17) is 0 Å². The van der Waals surface area contributed by atoms with Crippen molar-refractivity contribution in [2.24, 2.45) is 0 Å². The summed E-state index contributed by atoms with van der Waals surface area (Å²) in [6.45, 7) is 0.379. The van der Waals surface area contributed by atoms with Crippen LogP contribution in [-0.4, -0.2) is 42.1 Å². The average molecular weight is 386 g/mol. The molecule has 0 fully saturated rings. The molecule has 0 saturated carbocycles. The van der Waals surface area contributed by atoms with E-state index in [0.29, 0.717) is 18.4 Å². The van der Waals surface area contributed by atoms with Gasteiger partial charge in [-0.2, -0.15) is 5.10 Å². The molecule has 8 nitrogen and oxygen atoms in total. The normalized spacial score (nSPS) is 16.0. The molecule has 0 spiro atoms. The molecule has 5 rings (SSSR count). The summed E-state index contributed by atoms with van der Waals surface area (Å²) in [6.07, 6.45) is 5.63. The van der Waals surface area contributed by atoms with Crippen LogP contribution in [0.25, 0.3) is 10.8 Å². The highest BCUT2D eigenvalue weighted by Gasteiger charge is 2.35. The Balaban J connectivity index is 1.50. The van der Waals surface area contributed by atoms with Gasteiger partial charge >= 0.3 is 0 Å². The lowest BCUT2D eigenvalue weighted by molar-refractivity contribution is -0.134. The molecule has 4 aromatic rings. The van der Waals surface area contributed by atoms with Crippen molar-refractivity contribution in [2.45, 2.75) is 19.0 Å². The zero-order valence-corrected chi connectivity index (χ0v) is 15.5. The Kier molecular flexibility index (Phi) is 4.16. The highest BCUT2D eigenvalue weighted by atomic mass is 16.2. The first-order chi connectivity index (χ1) is 14.2. The molecule has 0 bridgehead atoms. The van der Waals surface area contributed by atoms with Gasteiger partial charge < -0.3 is 9.88 Å². The summed E-state index contributed by atoms with van der Waals surface area (Å²) in [6, 6.07) is 12.4. The van der Waals surface area contributed by atoms with Crippen LogP contribution in [0.1, 0.15) is 23.1 Å². The summed E-state index contributed by atoms with van der Waals surface area (Å²) >= 11 is 0. The molecule has 3 aromatic heterocycles. The highest BCUT2D eigenvalue weighted by Crippen LogP contribution is 2.32. The minimum absolute atomic E-state index is 0.132. The van der Waals surface area contributed by atoms with Crippen LogP contribution in [0.3, 0.4) is 0 Å². The van der Waals surface area contributed by atoms with E-state index in [1.54, 1.807) is 35.8 Å². The second-order valence-electron chi connectivity index (χ2n) is 6.96. The van der Waals surface area contributed by atoms with Crippen LogP contribution in [0.2, 0.25) is 0 Å². The van der Waals surface area contributed by atoms with Crippen molar-refractivity contribution in [1.82, 2.24) is 29.6 Å². The lowest BCUT2D eigenvalue weighted by Crippen LogP contribution is -2.44. The van der Waals surface area contributed by atoms with E-state index in [2.05, 4.69) is 20.1 Å². The molecule has 4 heterocycles. The van der Waals surface area contributed by atoms with Crippen molar-refractivity contribution in [3.05, 3.63) is 88.6 Å². The Hall–Kier alpha value is -3.81. The fourth-order valence-electron chi connectivity index (χ4n) is 3.84. The third kappa shape index (κ3) is 2.98. The Bertz CT molecular complexity index is 1250. The van der Waals surface area contributed by atoms with Crippen molar-refractivity contribution >= 4 is 16.7 Å². The maximum absolute atomic E-state index is 13.2. The summed E-state index contributed by atoms with van der Waals surface area (Å²) in [7, 11) is 0. The number of nitrogens with zero attached hydrogens (tertiary/aromatic N) is 5. The van der Waals surface area contributed by atoms with Gasteiger partial charge in [0.1, 0.15) is 12.6 Å². The Morgan fingerprint density at radius 2 is 2.00 bits per heavy atom. The van der Waals surface area contributed by atoms with Crippen LogP contribution in [0.4, 0.5) is 0 Å². The van der Waals surface area contributed by atoms with Crippen LogP contribution >= 0.6 is 0 Å². The smallest absolute Gasteiger partial charge is 0.275 e. The number of imidazole rings is 1. The third-order valence-electron chi connectivity index (χ3n) is 5.26. The van der Waals surface area contributed by atoms with E-state index in [9.17, 15) is 9.59 Å². The minimum atomic E-state index is -0.394. The molecule has 0 unspecified atom stereocenters. The molecule has 1 aliphatic heterocycles. The Morgan fingerprint density at radius 3 is 2.86 bits per heavy atom. The summed E-state index contributed by atoms with van der Waals surface area (Å²) in [5, 5.41) is 5.49. The Morgan fingerprint density at radius 1 is 1.14 bits per heavy atom. The molecule has 1 amide bonds. The van der Waals surface area contributed by atoms with Gasteiger partial charge in [0.25, 0.3) is 5.56 Å². The SMILES string of the molecule is O=C(Cn1ncc2ccccc2c1=O)N1CCc2[nH]cnc2[C@@H]1c1ccccn1. The van der Waals surface area contributed by atoms with Crippen LogP contribution < -0.4 is 5.56 Å². The molecule has 8 heteroatoms. The van der Waals surface area contributed by atoms with E-state index in [1.807, 2.05) is 30.3 Å². The second kappa shape index (κ2) is 6.97. The van der Waals surface area contributed by atoms with E-state index in [1.165, 1.54) is 4.68 Å². The van der Waals surface area contributed by atoms with Gasteiger partial charge in [0, 0.05) is 30.2 Å². The van der Waals surface area contributed by atoms with Gasteiger partial charge in [-0.15, -0.1) is 0 Å². The van der Waals surface area contributed by atoms with Crippen LogP contribution in [-0.2, 0) is 17.8 Å². The van der Waals surface area contributed by atoms with Crippen LogP contribution in [0.5, 0.6) is 0 Å². The first-order valence-corrected chi connectivity index (χ1v) is 9.40. The maximum Gasteiger partial charge on any atom is 0.275 e. The van der Waals surface area contributed by atoms with Gasteiger partial charge in [-0.1, -0.05) is 24.3 Å². The summed E-state index contributed by atoms with van der Waals surface area (Å²) in [5.41, 5.74) is 2.27. The predicted octanol–water partition coefficient (Wildman–Crippen LogP) is 1.69. The number of hydrogen-bond donors (Lipinski definition) is 1. The molecule has 29 heavy (non-hydrogen) atoms. The number of aromatic amines is 1. The number of nitrogens with one attached hydrogen (secondary N) is 1. The lowest BCUT2D eigenvalue weighted by atomic mass is 9.99. The van der Waals surface area contributed by atoms with Gasteiger partial charge in [-0.25, -0.2) is 9.67 Å². The van der Waals surface area contributed by atoms with Gasteiger partial charge in [0.15, 0.2) is 0 Å². The van der Waals surface area contributed by atoms with Crippen molar-refractivity contribution in [3.8, 4) is 0 Å². The number of aromatic nitrogens is 5. The zero-order chi connectivity index (χ0) is 19.8. The Labute approximate surface area is 165 Å². The largest absolute Gasteiger partial charge is 0.348 e. The summed E-state index contributed by atoms with van der Waals surface area (Å²) < 4.78 is 1.22. The molecule has 144 valence electrons. The maximum atomic E-state index is 13.2. The van der Waals surface area contributed by atoms with E-state index in [-0.39, 0.29) is 18.0 Å². The van der Waals surface area contributed by atoms with E-state index < -0.39 is 6.04 Å². The molecule has 0 aliphatic carbocycles. The number of carbonyl (C=O) groups is 1. The molecule has 1 atom stereocenters. The molecular formula is C21H18N6O2. The quantitative estimate of drug-likeness (QED) is 0.578. The highest BCUT2D eigenvalue weighted by molar-refractivity contribution is 5.81. The second-order valence-corrected chi connectivity index (χ2v) is 6.96. The van der Waals surface area contributed by atoms with E-state index >= 15 is 0 Å². The number of rotatable bonds is 3. The standard InChI is InChI=1S/C21H18N6O2/c28-18(12-27-21(29)15-6-2-1-5-14(15)11-25-27)26-10-8-16-19(24-13-23-16)20(26)17-7-3-4-9-22-17/h1-7,9,11,13,20H,8,10,12H2,(H,23,24)/t20-/m0/s1. The van der Waals surface area contributed by atoms with Crippen molar-refractivity contribution in [2.75, 3.05) is 6.54 Å². The van der Waals surface area contributed by atoms with Crippen molar-refractivity contribution in [1.29, 1.82) is 0 Å². The molecule has 0 radical (unpaired) electrons. The van der Waals surface area contributed by atoms with Gasteiger partial charge in [0.05, 0.1) is 29.3 Å². The first-order valence-electron chi connectivity index (χ1n) is 9.40. The summed E-state index contributed by atoms with van der Waals surface area (Å²) in [4.78, 5) is 39.8. The van der Waals surface area contributed by atoms with Crippen LogP contribution in [0, 0.1) is 0 Å². The van der Waals surface area contributed by atoms with Gasteiger partial charge in [-0.3, -0.25) is 14.6 Å². The fourth-order valence-corrected chi connectivity index (χ4v) is 3.84. The number of fused-ring (bicyclic) bond motifs is 2. The number of hydrogen-bond acceptors (Lipinski definition) is 5. The molecule has 1 aromatic carbocycles. The topological polar surface area (TPSA) is 96.8 Å². The third-order valence-corrected chi connectivity index (χ3v) is 5.26. The average Bonchev–Trinajstić information content (AvgIpc) is 3.24. The molecular weight excluding hydrogens is 368 g/mol. The molecule has 1 aliphatic rings. The lowest BCUT2D eigenvalue weighted by Gasteiger charge is -2.34. The fraction of sp³-hybridized carbons (Fsp3) is 0.190. The predicted molar refractivity (Wildman–Crippen MR) is 106 cm³/mol. The first kappa shape index (κ1) is 17.3.